The number of rotatable bonds is 3. The highest BCUT2D eigenvalue weighted by Gasteiger charge is 2.20. The van der Waals surface area contributed by atoms with Crippen LogP contribution in [-0.2, 0) is 4.74 Å². The lowest BCUT2D eigenvalue weighted by molar-refractivity contribution is -0.0154. The molecular weight excluding hydrogens is 204 g/mol. The maximum absolute atomic E-state index is 10.1. The number of anilines is 1. The van der Waals surface area contributed by atoms with E-state index in [0.29, 0.717) is 17.7 Å². The summed E-state index contributed by atoms with van der Waals surface area (Å²) in [6.45, 7) is 0.805. The fraction of sp³-hybridized carbons (Fsp3) is 0.583. The Morgan fingerprint density at radius 3 is 3.12 bits per heavy atom. The lowest BCUT2D eigenvalue weighted by Gasteiger charge is -2.25. The van der Waals surface area contributed by atoms with E-state index in [9.17, 15) is 5.11 Å². The zero-order valence-corrected chi connectivity index (χ0v) is 9.30. The first-order valence-electron chi connectivity index (χ1n) is 5.76. The van der Waals surface area contributed by atoms with Crippen molar-refractivity contribution in [2.75, 3.05) is 12.3 Å². The van der Waals surface area contributed by atoms with Crippen molar-refractivity contribution in [1.29, 1.82) is 0 Å². The fourth-order valence-electron chi connectivity index (χ4n) is 2.07. The average Bonchev–Trinajstić information content (AvgIpc) is 2.31. The number of hydrogen-bond acceptors (Lipinski definition) is 4. The predicted molar refractivity (Wildman–Crippen MR) is 61.8 cm³/mol. The standard InChI is InChI=1S/C12H18N2O2/c13-11-4-5-14-8-10(11)12(15)7-9-3-1-2-6-16-9/h4-5,8-9,12,15H,1-3,6-7H2,(H2,13,14). The molecule has 0 amide bonds. The van der Waals surface area contributed by atoms with Gasteiger partial charge in [-0.25, -0.2) is 0 Å². The van der Waals surface area contributed by atoms with Gasteiger partial charge < -0.3 is 15.6 Å². The van der Waals surface area contributed by atoms with Gasteiger partial charge in [-0.05, 0) is 25.3 Å². The van der Waals surface area contributed by atoms with Gasteiger partial charge in [-0.3, -0.25) is 4.98 Å². The highest BCUT2D eigenvalue weighted by atomic mass is 16.5. The lowest BCUT2D eigenvalue weighted by Crippen LogP contribution is -2.22. The second-order valence-electron chi connectivity index (χ2n) is 4.24. The highest BCUT2D eigenvalue weighted by Crippen LogP contribution is 2.27. The van der Waals surface area contributed by atoms with Crippen LogP contribution in [-0.4, -0.2) is 22.8 Å². The van der Waals surface area contributed by atoms with Crippen LogP contribution < -0.4 is 5.73 Å². The van der Waals surface area contributed by atoms with E-state index in [1.54, 1.807) is 18.5 Å². The molecular formula is C12H18N2O2. The molecule has 1 aliphatic heterocycles. The van der Waals surface area contributed by atoms with Gasteiger partial charge in [0, 0.05) is 36.7 Å². The van der Waals surface area contributed by atoms with Crippen LogP contribution in [0.3, 0.4) is 0 Å². The zero-order chi connectivity index (χ0) is 11.4. The van der Waals surface area contributed by atoms with Crippen molar-refractivity contribution >= 4 is 5.69 Å². The molecule has 1 aliphatic rings. The summed E-state index contributed by atoms with van der Waals surface area (Å²) in [4.78, 5) is 3.98. The molecule has 0 spiro atoms. The number of nitrogen functional groups attached to an aromatic ring is 1. The molecule has 4 nitrogen and oxygen atoms in total. The maximum Gasteiger partial charge on any atom is 0.0849 e. The van der Waals surface area contributed by atoms with Gasteiger partial charge in [0.2, 0.25) is 0 Å². The number of pyridine rings is 1. The Bertz CT molecular complexity index is 338. The van der Waals surface area contributed by atoms with Crippen LogP contribution in [0.4, 0.5) is 5.69 Å². The molecule has 88 valence electrons. The topological polar surface area (TPSA) is 68.4 Å². The van der Waals surface area contributed by atoms with Crippen LogP contribution in [0.1, 0.15) is 37.4 Å². The summed E-state index contributed by atoms with van der Waals surface area (Å²) in [5, 5.41) is 10.1. The number of hydrogen-bond donors (Lipinski definition) is 2. The normalized spacial score (nSPS) is 22.9. The first-order valence-corrected chi connectivity index (χ1v) is 5.76. The van der Waals surface area contributed by atoms with E-state index in [2.05, 4.69) is 4.98 Å². The molecule has 1 aromatic heterocycles. The number of ether oxygens (including phenoxy) is 1. The van der Waals surface area contributed by atoms with Gasteiger partial charge in [-0.2, -0.15) is 0 Å². The summed E-state index contributed by atoms with van der Waals surface area (Å²) in [5.74, 6) is 0. The van der Waals surface area contributed by atoms with Crippen LogP contribution in [0, 0.1) is 0 Å². The van der Waals surface area contributed by atoms with Gasteiger partial charge in [0.25, 0.3) is 0 Å². The molecule has 4 heteroatoms. The van der Waals surface area contributed by atoms with Crippen LogP contribution in [0.5, 0.6) is 0 Å². The minimum absolute atomic E-state index is 0.156. The van der Waals surface area contributed by atoms with Crippen LogP contribution in [0.25, 0.3) is 0 Å². The van der Waals surface area contributed by atoms with Crippen LogP contribution >= 0.6 is 0 Å². The third kappa shape index (κ3) is 2.71. The smallest absolute Gasteiger partial charge is 0.0849 e. The molecule has 0 aliphatic carbocycles. The largest absolute Gasteiger partial charge is 0.398 e. The quantitative estimate of drug-likeness (QED) is 0.816. The first-order chi connectivity index (χ1) is 7.77. The number of aliphatic hydroxyl groups excluding tert-OH is 1. The molecule has 0 radical (unpaired) electrons. The van der Waals surface area contributed by atoms with E-state index in [1.165, 1.54) is 6.42 Å². The van der Waals surface area contributed by atoms with E-state index in [0.717, 1.165) is 19.4 Å². The molecule has 1 aromatic rings. The molecule has 2 rings (SSSR count). The molecule has 3 N–H and O–H groups in total. The van der Waals surface area contributed by atoms with E-state index < -0.39 is 6.10 Å². The highest BCUT2D eigenvalue weighted by molar-refractivity contribution is 5.45. The molecule has 2 heterocycles. The van der Waals surface area contributed by atoms with E-state index >= 15 is 0 Å². The third-order valence-corrected chi connectivity index (χ3v) is 3.01. The van der Waals surface area contributed by atoms with Crippen molar-refractivity contribution in [2.45, 2.75) is 37.9 Å². The number of nitrogens with two attached hydrogens (primary N) is 1. The second-order valence-corrected chi connectivity index (χ2v) is 4.24. The average molecular weight is 222 g/mol. The Morgan fingerprint density at radius 1 is 1.56 bits per heavy atom. The van der Waals surface area contributed by atoms with Crippen molar-refractivity contribution in [3.05, 3.63) is 24.0 Å². The summed E-state index contributed by atoms with van der Waals surface area (Å²) in [6.07, 6.45) is 6.78. The van der Waals surface area contributed by atoms with Gasteiger partial charge >= 0.3 is 0 Å². The van der Waals surface area contributed by atoms with Crippen molar-refractivity contribution < 1.29 is 9.84 Å². The van der Waals surface area contributed by atoms with Gasteiger partial charge in [0.1, 0.15) is 0 Å². The number of aliphatic hydroxyl groups is 1. The molecule has 0 saturated carbocycles. The van der Waals surface area contributed by atoms with Crippen molar-refractivity contribution in [2.24, 2.45) is 0 Å². The van der Waals surface area contributed by atoms with Crippen LogP contribution in [0.2, 0.25) is 0 Å². The summed E-state index contributed by atoms with van der Waals surface area (Å²) in [7, 11) is 0. The van der Waals surface area contributed by atoms with Gasteiger partial charge in [0.15, 0.2) is 0 Å². The monoisotopic (exact) mass is 222 g/mol. The summed E-state index contributed by atoms with van der Waals surface area (Å²) >= 11 is 0. The minimum atomic E-state index is -0.572. The fourth-order valence-corrected chi connectivity index (χ4v) is 2.07. The van der Waals surface area contributed by atoms with Crippen molar-refractivity contribution in [3.63, 3.8) is 0 Å². The second kappa shape index (κ2) is 5.27. The summed E-state index contributed by atoms with van der Waals surface area (Å²) in [5.41, 5.74) is 7.09. The molecule has 0 aromatic carbocycles. The van der Waals surface area contributed by atoms with E-state index in [-0.39, 0.29) is 6.10 Å². The van der Waals surface area contributed by atoms with E-state index in [4.69, 9.17) is 10.5 Å². The molecule has 2 atom stereocenters. The van der Waals surface area contributed by atoms with Gasteiger partial charge in [0.05, 0.1) is 12.2 Å². The van der Waals surface area contributed by atoms with Crippen LogP contribution in [0.15, 0.2) is 18.5 Å². The Balaban J connectivity index is 1.96. The van der Waals surface area contributed by atoms with Crippen molar-refractivity contribution in [1.82, 2.24) is 4.98 Å². The number of aromatic nitrogens is 1. The van der Waals surface area contributed by atoms with Crippen molar-refractivity contribution in [3.8, 4) is 0 Å². The Kier molecular flexibility index (Phi) is 3.74. The van der Waals surface area contributed by atoms with Gasteiger partial charge in [-0.1, -0.05) is 0 Å². The lowest BCUT2D eigenvalue weighted by atomic mass is 9.99. The zero-order valence-electron chi connectivity index (χ0n) is 9.30. The summed E-state index contributed by atoms with van der Waals surface area (Å²) < 4.78 is 5.59. The molecule has 2 unspecified atom stereocenters. The minimum Gasteiger partial charge on any atom is -0.398 e. The van der Waals surface area contributed by atoms with Gasteiger partial charge in [-0.15, -0.1) is 0 Å². The Hall–Kier alpha value is -1.13. The molecule has 16 heavy (non-hydrogen) atoms. The number of nitrogens with zero attached hydrogens (tertiary/aromatic N) is 1. The maximum atomic E-state index is 10.1. The Labute approximate surface area is 95.4 Å². The molecule has 1 saturated heterocycles. The Morgan fingerprint density at radius 2 is 2.44 bits per heavy atom. The molecule has 0 bridgehead atoms. The predicted octanol–water partition coefficient (Wildman–Crippen LogP) is 1.66. The molecule has 1 fully saturated rings. The SMILES string of the molecule is Nc1ccncc1C(O)CC1CCCCO1. The summed E-state index contributed by atoms with van der Waals surface area (Å²) in [6, 6.07) is 1.71. The first kappa shape index (κ1) is 11.4. The third-order valence-electron chi connectivity index (χ3n) is 3.01. The van der Waals surface area contributed by atoms with E-state index in [1.807, 2.05) is 0 Å².